The molecule has 1 heterocycles. The largest absolute Gasteiger partial charge is 0.492 e. The Hall–Kier alpha value is -1.68. The molecule has 0 bridgehead atoms. The van der Waals surface area contributed by atoms with E-state index in [0.717, 1.165) is 23.7 Å². The van der Waals surface area contributed by atoms with Crippen molar-refractivity contribution in [1.82, 2.24) is 9.55 Å². The highest BCUT2D eigenvalue weighted by atomic mass is 35.5. The predicted octanol–water partition coefficient (Wildman–Crippen LogP) is 4.04. The predicted molar refractivity (Wildman–Crippen MR) is 82.5 cm³/mol. The third-order valence-electron chi connectivity index (χ3n) is 3.02. The van der Waals surface area contributed by atoms with Gasteiger partial charge in [-0.05, 0) is 31.5 Å². The first-order valence-electron chi connectivity index (χ1n) is 6.78. The van der Waals surface area contributed by atoms with Crippen LogP contribution in [0.5, 0.6) is 5.75 Å². The maximum absolute atomic E-state index is 6.22. The third kappa shape index (κ3) is 3.45. The van der Waals surface area contributed by atoms with Crippen LogP contribution in [0.15, 0.2) is 30.6 Å². The number of nitrogens with one attached hydrogen (secondary N) is 1. The molecule has 0 saturated carbocycles. The van der Waals surface area contributed by atoms with Crippen LogP contribution < -0.4 is 10.1 Å². The SMILES string of the molecule is CCCOc1ccc(NC(C)c2nccn2C)cc1Cl. The normalized spacial score (nSPS) is 12.2. The van der Waals surface area contributed by atoms with Gasteiger partial charge in [0.2, 0.25) is 0 Å². The van der Waals surface area contributed by atoms with Gasteiger partial charge in [0.05, 0.1) is 17.7 Å². The topological polar surface area (TPSA) is 39.1 Å². The number of halogens is 1. The van der Waals surface area contributed by atoms with Crippen LogP contribution in [-0.2, 0) is 7.05 Å². The minimum Gasteiger partial charge on any atom is -0.492 e. The fraction of sp³-hybridized carbons (Fsp3) is 0.400. The Bertz CT molecular complexity index is 568. The Morgan fingerprint density at radius 2 is 2.25 bits per heavy atom. The lowest BCUT2D eigenvalue weighted by Crippen LogP contribution is -2.11. The van der Waals surface area contributed by atoms with Gasteiger partial charge in [0.1, 0.15) is 11.6 Å². The summed E-state index contributed by atoms with van der Waals surface area (Å²) < 4.78 is 7.56. The number of benzene rings is 1. The molecule has 1 aromatic carbocycles. The van der Waals surface area contributed by atoms with E-state index in [1.807, 2.05) is 36.0 Å². The number of aryl methyl sites for hydroxylation is 1. The van der Waals surface area contributed by atoms with Crippen LogP contribution in [0, 0.1) is 0 Å². The number of hydrogen-bond acceptors (Lipinski definition) is 3. The molecule has 0 radical (unpaired) electrons. The fourth-order valence-electron chi connectivity index (χ4n) is 2.03. The molecule has 0 amide bonds. The van der Waals surface area contributed by atoms with Crippen molar-refractivity contribution in [2.75, 3.05) is 11.9 Å². The van der Waals surface area contributed by atoms with Gasteiger partial charge in [0, 0.05) is 25.1 Å². The van der Waals surface area contributed by atoms with Crippen LogP contribution in [-0.4, -0.2) is 16.2 Å². The average Bonchev–Trinajstić information content (AvgIpc) is 2.84. The lowest BCUT2D eigenvalue weighted by molar-refractivity contribution is 0.317. The van der Waals surface area contributed by atoms with Crippen LogP contribution in [0.25, 0.3) is 0 Å². The molecule has 0 spiro atoms. The highest BCUT2D eigenvalue weighted by Gasteiger charge is 2.11. The minimum absolute atomic E-state index is 0.105. The number of imidazole rings is 1. The van der Waals surface area contributed by atoms with E-state index in [4.69, 9.17) is 16.3 Å². The zero-order valence-corrected chi connectivity index (χ0v) is 12.8. The minimum atomic E-state index is 0.105. The highest BCUT2D eigenvalue weighted by Crippen LogP contribution is 2.29. The molecule has 2 aromatic rings. The van der Waals surface area contributed by atoms with Gasteiger partial charge in [0.25, 0.3) is 0 Å². The quantitative estimate of drug-likeness (QED) is 0.874. The molecule has 0 aliphatic heterocycles. The Morgan fingerprint density at radius 3 is 2.85 bits per heavy atom. The van der Waals surface area contributed by atoms with Gasteiger partial charge in [0.15, 0.2) is 0 Å². The van der Waals surface area contributed by atoms with Gasteiger partial charge in [-0.15, -0.1) is 0 Å². The van der Waals surface area contributed by atoms with Crippen molar-refractivity contribution in [2.45, 2.75) is 26.3 Å². The molecule has 4 nitrogen and oxygen atoms in total. The molecule has 0 aliphatic carbocycles. The number of ether oxygens (including phenoxy) is 1. The number of aromatic nitrogens is 2. The molecule has 0 fully saturated rings. The number of rotatable bonds is 6. The Kier molecular flexibility index (Phi) is 4.90. The number of nitrogens with zero attached hydrogens (tertiary/aromatic N) is 2. The van der Waals surface area contributed by atoms with E-state index in [1.165, 1.54) is 0 Å². The summed E-state index contributed by atoms with van der Waals surface area (Å²) >= 11 is 6.22. The highest BCUT2D eigenvalue weighted by molar-refractivity contribution is 6.32. The van der Waals surface area contributed by atoms with Crippen molar-refractivity contribution in [1.29, 1.82) is 0 Å². The molecule has 1 unspecified atom stereocenters. The molecule has 0 saturated heterocycles. The third-order valence-corrected chi connectivity index (χ3v) is 3.32. The van der Waals surface area contributed by atoms with Crippen LogP contribution in [0.2, 0.25) is 5.02 Å². The second-order valence-corrected chi connectivity index (χ2v) is 5.16. The lowest BCUT2D eigenvalue weighted by Gasteiger charge is -2.16. The van der Waals surface area contributed by atoms with Gasteiger partial charge < -0.3 is 14.6 Å². The standard InChI is InChI=1S/C15H20ClN3O/c1-4-9-20-14-6-5-12(10-13(14)16)18-11(2)15-17-7-8-19(15)3/h5-8,10-11,18H,4,9H2,1-3H3. The van der Waals surface area contributed by atoms with E-state index in [0.29, 0.717) is 11.6 Å². The zero-order chi connectivity index (χ0) is 14.5. The fourth-order valence-corrected chi connectivity index (χ4v) is 2.26. The van der Waals surface area contributed by atoms with Crippen molar-refractivity contribution < 1.29 is 4.74 Å². The van der Waals surface area contributed by atoms with E-state index in [1.54, 1.807) is 6.20 Å². The van der Waals surface area contributed by atoms with Crippen LogP contribution >= 0.6 is 11.6 Å². The summed E-state index contributed by atoms with van der Waals surface area (Å²) in [7, 11) is 1.98. The average molecular weight is 294 g/mol. The van der Waals surface area contributed by atoms with Crippen molar-refractivity contribution in [3.8, 4) is 5.75 Å². The van der Waals surface area contributed by atoms with E-state index in [-0.39, 0.29) is 6.04 Å². The molecule has 5 heteroatoms. The maximum atomic E-state index is 6.22. The zero-order valence-electron chi connectivity index (χ0n) is 12.1. The molecule has 108 valence electrons. The van der Waals surface area contributed by atoms with Crippen LogP contribution in [0.3, 0.4) is 0 Å². The van der Waals surface area contributed by atoms with Gasteiger partial charge in [-0.1, -0.05) is 18.5 Å². The van der Waals surface area contributed by atoms with Crippen molar-refractivity contribution in [2.24, 2.45) is 7.05 Å². The van der Waals surface area contributed by atoms with Crippen LogP contribution in [0.1, 0.15) is 32.1 Å². The van der Waals surface area contributed by atoms with E-state index < -0.39 is 0 Å². The van der Waals surface area contributed by atoms with E-state index in [2.05, 4.69) is 24.1 Å². The number of anilines is 1. The molecule has 1 atom stereocenters. The molecule has 1 aromatic heterocycles. The first kappa shape index (κ1) is 14.7. The Balaban J connectivity index is 2.07. The maximum Gasteiger partial charge on any atom is 0.138 e. The summed E-state index contributed by atoms with van der Waals surface area (Å²) in [5, 5.41) is 4.01. The van der Waals surface area contributed by atoms with Crippen molar-refractivity contribution >= 4 is 17.3 Å². The lowest BCUT2D eigenvalue weighted by atomic mass is 10.2. The second-order valence-electron chi connectivity index (χ2n) is 4.76. The smallest absolute Gasteiger partial charge is 0.138 e. The molecule has 2 rings (SSSR count). The summed E-state index contributed by atoms with van der Waals surface area (Å²) in [6, 6.07) is 5.85. The van der Waals surface area contributed by atoms with Gasteiger partial charge in [-0.25, -0.2) is 4.98 Å². The molecule has 20 heavy (non-hydrogen) atoms. The first-order valence-corrected chi connectivity index (χ1v) is 7.15. The van der Waals surface area contributed by atoms with E-state index in [9.17, 15) is 0 Å². The summed E-state index contributed by atoms with van der Waals surface area (Å²) in [6.45, 7) is 4.81. The summed E-state index contributed by atoms with van der Waals surface area (Å²) in [5.74, 6) is 1.70. The Morgan fingerprint density at radius 1 is 1.45 bits per heavy atom. The molecular formula is C15H20ClN3O. The van der Waals surface area contributed by atoms with Gasteiger partial charge >= 0.3 is 0 Å². The summed E-state index contributed by atoms with van der Waals surface area (Å²) in [6.07, 6.45) is 4.69. The summed E-state index contributed by atoms with van der Waals surface area (Å²) in [4.78, 5) is 4.34. The van der Waals surface area contributed by atoms with E-state index >= 15 is 0 Å². The second kappa shape index (κ2) is 6.66. The first-order chi connectivity index (χ1) is 9.61. The Labute approximate surface area is 124 Å². The van der Waals surface area contributed by atoms with Gasteiger partial charge in [-0.3, -0.25) is 0 Å². The van der Waals surface area contributed by atoms with Crippen LogP contribution in [0.4, 0.5) is 5.69 Å². The molecular weight excluding hydrogens is 274 g/mol. The van der Waals surface area contributed by atoms with Gasteiger partial charge in [-0.2, -0.15) is 0 Å². The van der Waals surface area contributed by atoms with Crippen molar-refractivity contribution in [3.05, 3.63) is 41.4 Å². The number of hydrogen-bond donors (Lipinski definition) is 1. The monoisotopic (exact) mass is 293 g/mol. The van der Waals surface area contributed by atoms with Crippen molar-refractivity contribution in [3.63, 3.8) is 0 Å². The molecule has 0 aliphatic rings. The molecule has 1 N–H and O–H groups in total. The summed E-state index contributed by atoms with van der Waals surface area (Å²) in [5.41, 5.74) is 0.953.